The van der Waals surface area contributed by atoms with Crippen molar-refractivity contribution in [2.75, 3.05) is 39.6 Å². The zero-order chi connectivity index (χ0) is 73.2. The van der Waals surface area contributed by atoms with Crippen LogP contribution in [0.3, 0.4) is 0 Å². The fourth-order valence-corrected chi connectivity index (χ4v) is 12.2. The van der Waals surface area contributed by atoms with Crippen molar-refractivity contribution in [3.63, 3.8) is 0 Å². The lowest BCUT2D eigenvalue weighted by Crippen LogP contribution is -2.30. The highest BCUT2D eigenvalue weighted by molar-refractivity contribution is 7.47. The van der Waals surface area contributed by atoms with Crippen molar-refractivity contribution in [3.05, 3.63) is 97.2 Å². The molecule has 100 heavy (non-hydrogen) atoms. The molecule has 17 nitrogen and oxygen atoms in total. The Morgan fingerprint density at radius 2 is 0.520 bits per heavy atom. The van der Waals surface area contributed by atoms with E-state index in [9.17, 15) is 43.2 Å². The van der Waals surface area contributed by atoms with Gasteiger partial charge in [-0.2, -0.15) is 0 Å². The van der Waals surface area contributed by atoms with Crippen LogP contribution in [-0.4, -0.2) is 96.7 Å². The summed E-state index contributed by atoms with van der Waals surface area (Å²) >= 11 is 0. The SMILES string of the molecule is CC/C=C\C/C=C\C/C=C\C/C=C\CCCCCCC(=O)OCC(COP(=O)(O)OCC(O)COP(=O)(O)OCC(COC(=O)CCCCCC/C=C\C/C=C\C/C=C\C/C=C\CC)OC(=O)CCCCCCCCCCCCCCC)OC(=O)CCCCCCCCCCCCCCC. The number of unbranched alkanes of at least 4 members (excludes halogenated alkanes) is 32. The number of carbonyl (C=O) groups excluding carboxylic acids is 4. The molecule has 0 aromatic carbocycles. The molecule has 19 heteroatoms. The number of esters is 4. The van der Waals surface area contributed by atoms with Crippen LogP contribution in [0.15, 0.2) is 97.2 Å². The smallest absolute Gasteiger partial charge is 0.462 e. The van der Waals surface area contributed by atoms with Crippen LogP contribution in [0.5, 0.6) is 0 Å². The molecule has 0 bridgehead atoms. The summed E-state index contributed by atoms with van der Waals surface area (Å²) in [6, 6.07) is 0. The number of aliphatic hydroxyl groups excluding tert-OH is 1. The van der Waals surface area contributed by atoms with Crippen LogP contribution < -0.4 is 0 Å². The van der Waals surface area contributed by atoms with E-state index in [1.54, 1.807) is 0 Å². The summed E-state index contributed by atoms with van der Waals surface area (Å²) in [5.74, 6) is -2.21. The highest BCUT2D eigenvalue weighted by Gasteiger charge is 2.30. The minimum atomic E-state index is -4.98. The maximum Gasteiger partial charge on any atom is 0.472 e. The lowest BCUT2D eigenvalue weighted by Gasteiger charge is -2.21. The Labute approximate surface area is 607 Å². The Kier molecular flexibility index (Phi) is 70.4. The van der Waals surface area contributed by atoms with Gasteiger partial charge in [0, 0.05) is 25.7 Å². The molecule has 4 atom stereocenters. The first-order valence-electron chi connectivity index (χ1n) is 39.5. The molecule has 0 amide bonds. The molecule has 0 aliphatic heterocycles. The van der Waals surface area contributed by atoms with E-state index in [1.165, 1.54) is 103 Å². The second kappa shape index (κ2) is 73.3. The van der Waals surface area contributed by atoms with E-state index >= 15 is 0 Å². The molecule has 0 aliphatic rings. The van der Waals surface area contributed by atoms with Gasteiger partial charge in [0.15, 0.2) is 12.2 Å². The van der Waals surface area contributed by atoms with Gasteiger partial charge in [0.25, 0.3) is 0 Å². The van der Waals surface area contributed by atoms with E-state index in [2.05, 4.69) is 125 Å². The van der Waals surface area contributed by atoms with Crippen LogP contribution in [0, 0.1) is 0 Å². The second-order valence-corrected chi connectivity index (χ2v) is 29.2. The van der Waals surface area contributed by atoms with Crippen molar-refractivity contribution in [1.29, 1.82) is 0 Å². The van der Waals surface area contributed by atoms with E-state index in [0.717, 1.165) is 154 Å². The summed E-state index contributed by atoms with van der Waals surface area (Å²) in [5.41, 5.74) is 0. The third kappa shape index (κ3) is 72.3. The molecular weight excluding hydrogens is 1310 g/mol. The van der Waals surface area contributed by atoms with Crippen molar-refractivity contribution in [3.8, 4) is 0 Å². The van der Waals surface area contributed by atoms with Crippen LogP contribution in [0.25, 0.3) is 0 Å². The molecule has 0 radical (unpaired) electrons. The van der Waals surface area contributed by atoms with Gasteiger partial charge in [-0.25, -0.2) is 9.13 Å². The molecule has 0 fully saturated rings. The summed E-state index contributed by atoms with van der Waals surface area (Å²) in [5, 5.41) is 10.6. The fourth-order valence-electron chi connectivity index (χ4n) is 10.6. The number of carbonyl (C=O) groups is 4. The van der Waals surface area contributed by atoms with E-state index in [1.807, 2.05) is 0 Å². The number of aliphatic hydroxyl groups is 1. The molecule has 3 N–H and O–H groups in total. The summed E-state index contributed by atoms with van der Waals surface area (Å²) in [7, 11) is -9.96. The van der Waals surface area contributed by atoms with Crippen LogP contribution in [0.1, 0.15) is 336 Å². The highest BCUT2D eigenvalue weighted by atomic mass is 31.2. The lowest BCUT2D eigenvalue weighted by molar-refractivity contribution is -0.161. The van der Waals surface area contributed by atoms with Crippen LogP contribution in [-0.2, 0) is 65.4 Å². The third-order valence-corrected chi connectivity index (χ3v) is 18.5. The monoisotopic (exact) mass is 1450 g/mol. The maximum absolute atomic E-state index is 13.1. The summed E-state index contributed by atoms with van der Waals surface area (Å²) in [4.78, 5) is 72.9. The number of phosphoric acid groups is 2. The largest absolute Gasteiger partial charge is 0.472 e. The number of hydrogen-bond acceptors (Lipinski definition) is 15. The molecule has 0 aliphatic carbocycles. The number of rotatable bonds is 74. The molecule has 0 saturated heterocycles. The van der Waals surface area contributed by atoms with Gasteiger partial charge in [-0.3, -0.25) is 37.3 Å². The van der Waals surface area contributed by atoms with Gasteiger partial charge < -0.3 is 33.8 Å². The predicted molar refractivity (Wildman–Crippen MR) is 409 cm³/mol. The number of allylic oxidation sites excluding steroid dienone is 16. The van der Waals surface area contributed by atoms with Crippen molar-refractivity contribution in [2.24, 2.45) is 0 Å². The first-order valence-corrected chi connectivity index (χ1v) is 42.5. The predicted octanol–water partition coefficient (Wildman–Crippen LogP) is 22.8. The number of ether oxygens (including phenoxy) is 4. The Morgan fingerprint density at radius 1 is 0.290 bits per heavy atom. The van der Waals surface area contributed by atoms with E-state index in [-0.39, 0.29) is 25.7 Å². The van der Waals surface area contributed by atoms with Gasteiger partial charge in [0.1, 0.15) is 19.3 Å². The van der Waals surface area contributed by atoms with Gasteiger partial charge in [0.2, 0.25) is 0 Å². The van der Waals surface area contributed by atoms with Gasteiger partial charge >= 0.3 is 39.5 Å². The van der Waals surface area contributed by atoms with E-state index in [0.29, 0.717) is 25.7 Å². The Morgan fingerprint density at radius 3 is 0.800 bits per heavy atom. The maximum atomic E-state index is 13.1. The first-order chi connectivity index (χ1) is 48.7. The van der Waals surface area contributed by atoms with Crippen molar-refractivity contribution < 1.29 is 80.2 Å². The molecular formula is C81H142O17P2. The minimum Gasteiger partial charge on any atom is -0.462 e. The topological polar surface area (TPSA) is 237 Å². The van der Waals surface area contributed by atoms with Crippen molar-refractivity contribution in [1.82, 2.24) is 0 Å². The van der Waals surface area contributed by atoms with Crippen molar-refractivity contribution >= 4 is 39.5 Å². The fraction of sp³-hybridized carbons (Fsp3) is 0.753. The van der Waals surface area contributed by atoms with Crippen LogP contribution in [0.4, 0.5) is 0 Å². The molecule has 0 rings (SSSR count). The highest BCUT2D eigenvalue weighted by Crippen LogP contribution is 2.45. The third-order valence-electron chi connectivity index (χ3n) is 16.6. The Hall–Kier alpha value is -4.02. The van der Waals surface area contributed by atoms with Crippen molar-refractivity contribution in [2.45, 2.75) is 354 Å². The minimum absolute atomic E-state index is 0.0924. The normalized spacial score (nSPS) is 14.4. The standard InChI is InChI=1S/C81H142O17P2/c1-5-9-13-17-21-25-29-33-35-37-39-43-45-49-53-57-61-65-78(83)91-71-76(97-80(85)67-63-59-55-51-47-41-31-27-23-19-15-11-7-3)73-95-99(87,88)93-69-75(82)70-94-100(89,90)96-74-77(98-81(86)68-64-60-56-52-48-42-32-28-24-20-16-12-8-4)72-92-79(84)66-62-58-54-50-46-44-40-38-36-34-30-26-22-18-14-10-6-2/h9-10,13-14,21-22,25-26,33-36,39-40,43-44,75-77,82H,5-8,11-12,15-20,23-24,27-32,37-38,41-42,45-74H2,1-4H3,(H,87,88)(H,89,90)/b13-9-,14-10-,25-21-,26-22-,35-33-,36-34-,43-39-,44-40-. The zero-order valence-corrected chi connectivity index (χ0v) is 64.9. The Bertz CT molecular complexity index is 2120. The summed E-state index contributed by atoms with van der Waals surface area (Å²) in [6.45, 7) is 4.64. The molecule has 0 heterocycles. The van der Waals surface area contributed by atoms with Gasteiger partial charge in [-0.15, -0.1) is 0 Å². The molecule has 0 aromatic rings. The average molecular weight is 1450 g/mol. The molecule has 578 valence electrons. The number of hydrogen-bond donors (Lipinski definition) is 3. The van der Waals surface area contributed by atoms with Crippen LogP contribution in [0.2, 0.25) is 0 Å². The lowest BCUT2D eigenvalue weighted by atomic mass is 10.0. The molecule has 0 spiro atoms. The molecule has 0 saturated carbocycles. The molecule has 0 aromatic heterocycles. The second-order valence-electron chi connectivity index (χ2n) is 26.3. The average Bonchev–Trinajstić information content (AvgIpc) is 0.943. The van der Waals surface area contributed by atoms with Gasteiger partial charge in [-0.05, 0) is 103 Å². The van der Waals surface area contributed by atoms with E-state index in [4.69, 9.17) is 37.0 Å². The van der Waals surface area contributed by atoms with Gasteiger partial charge in [0.05, 0.1) is 26.4 Å². The quantitative estimate of drug-likeness (QED) is 0.0169. The first kappa shape index (κ1) is 96.0. The van der Waals surface area contributed by atoms with E-state index < -0.39 is 97.5 Å². The van der Waals surface area contributed by atoms with Crippen LogP contribution >= 0.6 is 15.6 Å². The zero-order valence-electron chi connectivity index (χ0n) is 63.1. The number of phosphoric ester groups is 2. The van der Waals surface area contributed by atoms with Gasteiger partial charge in [-0.1, -0.05) is 305 Å². The summed E-state index contributed by atoms with van der Waals surface area (Å²) in [6.07, 6.45) is 76.7. The molecule has 4 unspecified atom stereocenters. The Balaban J connectivity index is 5.35. The summed E-state index contributed by atoms with van der Waals surface area (Å²) < 4.78 is 68.5.